The average Bonchev–Trinajstić information content (AvgIpc) is 2.78. The summed E-state index contributed by atoms with van der Waals surface area (Å²) in [4.78, 5) is 0. The molecule has 1 nitrogen and oxygen atoms in total. The topological polar surface area (TPSA) is 26.0 Å². The number of rotatable bonds is 3. The third-order valence-electron chi connectivity index (χ3n) is 4.17. The van der Waals surface area contributed by atoms with Crippen LogP contribution in [-0.2, 0) is 0 Å². The standard InChI is InChI=1S/C14H20FN/c1-2-14(8-3-4-9-14)13(16)11-6-5-7-12(15)10-11/h5-7,10,13H,2-4,8-9,16H2,1H3. The van der Waals surface area contributed by atoms with Crippen LogP contribution in [0.15, 0.2) is 24.3 Å². The molecule has 2 heteroatoms. The number of hydrogen-bond donors (Lipinski definition) is 1. The van der Waals surface area contributed by atoms with Gasteiger partial charge >= 0.3 is 0 Å². The van der Waals surface area contributed by atoms with E-state index in [-0.39, 0.29) is 17.3 Å². The first-order valence-electron chi connectivity index (χ1n) is 6.19. The maximum atomic E-state index is 13.2. The van der Waals surface area contributed by atoms with Gasteiger partial charge in [-0.1, -0.05) is 31.9 Å². The van der Waals surface area contributed by atoms with Crippen molar-refractivity contribution in [3.05, 3.63) is 35.6 Å². The maximum Gasteiger partial charge on any atom is 0.123 e. The van der Waals surface area contributed by atoms with Crippen LogP contribution in [0.1, 0.15) is 50.6 Å². The molecular weight excluding hydrogens is 201 g/mol. The smallest absolute Gasteiger partial charge is 0.123 e. The fraction of sp³-hybridized carbons (Fsp3) is 0.571. The summed E-state index contributed by atoms with van der Waals surface area (Å²) >= 11 is 0. The zero-order valence-corrected chi connectivity index (χ0v) is 9.88. The summed E-state index contributed by atoms with van der Waals surface area (Å²) in [5.41, 5.74) is 7.50. The van der Waals surface area contributed by atoms with Crippen molar-refractivity contribution in [2.45, 2.75) is 45.1 Å². The molecule has 2 rings (SSSR count). The Morgan fingerprint density at radius 2 is 2.06 bits per heavy atom. The van der Waals surface area contributed by atoms with Gasteiger partial charge in [0, 0.05) is 6.04 Å². The zero-order chi connectivity index (χ0) is 11.6. The predicted octanol–water partition coefficient (Wildman–Crippen LogP) is 3.80. The molecule has 1 saturated carbocycles. The molecule has 1 aromatic carbocycles. The lowest BCUT2D eigenvalue weighted by Crippen LogP contribution is -2.31. The molecule has 88 valence electrons. The molecule has 0 spiro atoms. The molecule has 1 fully saturated rings. The van der Waals surface area contributed by atoms with Gasteiger partial charge in [0.25, 0.3) is 0 Å². The van der Waals surface area contributed by atoms with Crippen molar-refractivity contribution in [3.63, 3.8) is 0 Å². The Balaban J connectivity index is 2.26. The predicted molar refractivity (Wildman–Crippen MR) is 64.5 cm³/mol. The molecule has 0 saturated heterocycles. The van der Waals surface area contributed by atoms with E-state index in [9.17, 15) is 4.39 Å². The van der Waals surface area contributed by atoms with E-state index in [1.165, 1.54) is 31.7 Å². The van der Waals surface area contributed by atoms with Gasteiger partial charge in [-0.25, -0.2) is 4.39 Å². The fourth-order valence-electron chi connectivity index (χ4n) is 3.02. The second-order valence-corrected chi connectivity index (χ2v) is 4.96. The van der Waals surface area contributed by atoms with Gasteiger partial charge in [0.2, 0.25) is 0 Å². The Bertz CT molecular complexity index is 356. The molecule has 2 N–H and O–H groups in total. The Labute approximate surface area is 96.9 Å². The molecule has 0 bridgehead atoms. The van der Waals surface area contributed by atoms with E-state index >= 15 is 0 Å². The van der Waals surface area contributed by atoms with Crippen LogP contribution in [-0.4, -0.2) is 0 Å². The normalized spacial score (nSPS) is 20.9. The van der Waals surface area contributed by atoms with Gasteiger partial charge in [-0.2, -0.15) is 0 Å². The van der Waals surface area contributed by atoms with Gasteiger partial charge in [-0.15, -0.1) is 0 Å². The molecular formula is C14H20FN. The van der Waals surface area contributed by atoms with E-state index in [4.69, 9.17) is 5.73 Å². The highest BCUT2D eigenvalue weighted by Crippen LogP contribution is 2.48. The largest absolute Gasteiger partial charge is 0.323 e. The quantitative estimate of drug-likeness (QED) is 0.825. The van der Waals surface area contributed by atoms with Crippen molar-refractivity contribution in [1.29, 1.82) is 0 Å². The van der Waals surface area contributed by atoms with Crippen LogP contribution in [0.5, 0.6) is 0 Å². The summed E-state index contributed by atoms with van der Waals surface area (Å²) < 4.78 is 13.2. The van der Waals surface area contributed by atoms with E-state index in [1.54, 1.807) is 12.1 Å². The fourth-order valence-corrected chi connectivity index (χ4v) is 3.02. The van der Waals surface area contributed by atoms with Crippen molar-refractivity contribution < 1.29 is 4.39 Å². The van der Waals surface area contributed by atoms with Crippen molar-refractivity contribution in [3.8, 4) is 0 Å². The first-order chi connectivity index (χ1) is 7.68. The minimum absolute atomic E-state index is 0.0179. The summed E-state index contributed by atoms with van der Waals surface area (Å²) in [6.45, 7) is 2.20. The van der Waals surface area contributed by atoms with Crippen LogP contribution in [0.4, 0.5) is 4.39 Å². The summed E-state index contributed by atoms with van der Waals surface area (Å²) in [5.74, 6) is -0.183. The number of hydrogen-bond acceptors (Lipinski definition) is 1. The first-order valence-corrected chi connectivity index (χ1v) is 6.19. The second-order valence-electron chi connectivity index (χ2n) is 4.96. The Morgan fingerprint density at radius 1 is 1.38 bits per heavy atom. The minimum atomic E-state index is -0.183. The van der Waals surface area contributed by atoms with Crippen molar-refractivity contribution in [1.82, 2.24) is 0 Å². The van der Waals surface area contributed by atoms with Gasteiger partial charge in [0.1, 0.15) is 5.82 Å². The van der Waals surface area contributed by atoms with Gasteiger partial charge in [0.15, 0.2) is 0 Å². The van der Waals surface area contributed by atoms with E-state index in [1.807, 2.05) is 6.07 Å². The molecule has 16 heavy (non-hydrogen) atoms. The van der Waals surface area contributed by atoms with Crippen molar-refractivity contribution in [2.75, 3.05) is 0 Å². The molecule has 0 heterocycles. The highest BCUT2D eigenvalue weighted by atomic mass is 19.1. The van der Waals surface area contributed by atoms with E-state index in [0.29, 0.717) is 0 Å². The molecule has 1 aliphatic carbocycles. The molecule has 1 atom stereocenters. The Morgan fingerprint density at radius 3 is 2.62 bits per heavy atom. The van der Waals surface area contributed by atoms with Crippen LogP contribution in [0.2, 0.25) is 0 Å². The molecule has 0 aromatic heterocycles. The summed E-state index contributed by atoms with van der Waals surface area (Å²) in [6, 6.07) is 6.74. The van der Waals surface area contributed by atoms with Crippen LogP contribution < -0.4 is 5.73 Å². The highest BCUT2D eigenvalue weighted by Gasteiger charge is 2.38. The van der Waals surface area contributed by atoms with Gasteiger partial charge in [-0.05, 0) is 42.4 Å². The third-order valence-corrected chi connectivity index (χ3v) is 4.17. The second kappa shape index (κ2) is 4.54. The number of halogens is 1. The summed E-state index contributed by atoms with van der Waals surface area (Å²) in [6.07, 6.45) is 5.97. The number of nitrogens with two attached hydrogens (primary N) is 1. The minimum Gasteiger partial charge on any atom is -0.323 e. The van der Waals surface area contributed by atoms with Gasteiger partial charge in [-0.3, -0.25) is 0 Å². The Hall–Kier alpha value is -0.890. The average molecular weight is 221 g/mol. The molecule has 0 amide bonds. The lowest BCUT2D eigenvalue weighted by atomic mass is 9.74. The first kappa shape index (κ1) is 11.6. The summed E-state index contributed by atoms with van der Waals surface area (Å²) in [7, 11) is 0. The van der Waals surface area contributed by atoms with E-state index < -0.39 is 0 Å². The van der Waals surface area contributed by atoms with E-state index in [2.05, 4.69) is 6.92 Å². The molecule has 0 radical (unpaired) electrons. The van der Waals surface area contributed by atoms with Crippen molar-refractivity contribution in [2.24, 2.45) is 11.1 Å². The highest BCUT2D eigenvalue weighted by molar-refractivity contribution is 5.22. The summed E-state index contributed by atoms with van der Waals surface area (Å²) in [5, 5.41) is 0. The zero-order valence-electron chi connectivity index (χ0n) is 9.88. The van der Waals surface area contributed by atoms with Crippen LogP contribution >= 0.6 is 0 Å². The third kappa shape index (κ3) is 1.99. The monoisotopic (exact) mass is 221 g/mol. The van der Waals surface area contributed by atoms with Crippen LogP contribution in [0.3, 0.4) is 0 Å². The number of benzene rings is 1. The SMILES string of the molecule is CCC1(C(N)c2cccc(F)c2)CCCC1. The van der Waals surface area contributed by atoms with Crippen molar-refractivity contribution >= 4 is 0 Å². The lowest BCUT2D eigenvalue weighted by molar-refractivity contribution is 0.222. The molecule has 0 aliphatic heterocycles. The maximum absolute atomic E-state index is 13.2. The van der Waals surface area contributed by atoms with Gasteiger partial charge in [0.05, 0.1) is 0 Å². The Kier molecular flexibility index (Phi) is 3.29. The molecule has 1 aromatic rings. The lowest BCUT2D eigenvalue weighted by Gasteiger charge is -2.34. The molecule has 1 unspecified atom stereocenters. The molecule has 1 aliphatic rings. The van der Waals surface area contributed by atoms with E-state index in [0.717, 1.165) is 12.0 Å². The van der Waals surface area contributed by atoms with Crippen LogP contribution in [0, 0.1) is 11.2 Å². The van der Waals surface area contributed by atoms with Crippen LogP contribution in [0.25, 0.3) is 0 Å². The van der Waals surface area contributed by atoms with Gasteiger partial charge < -0.3 is 5.73 Å².